The first kappa shape index (κ1) is 23.4. The SMILES string of the molecule is CCN(CCC(C)(C)C)C(=O)Cn1nc(C(=O)C(C)(C)Br)c2ccc(OC)cc21. The monoisotopic (exact) mass is 465 g/mol. The molecule has 0 fully saturated rings. The molecule has 0 spiro atoms. The molecule has 0 aliphatic carbocycles. The van der Waals surface area contributed by atoms with E-state index in [4.69, 9.17) is 4.74 Å². The number of Topliss-reactive ketones (excluding diaryl/α,β-unsaturated/α-hetero) is 1. The number of fused-ring (bicyclic) bond motifs is 1. The average molecular weight is 466 g/mol. The standard InChI is InChI=1S/C22H32BrN3O3/c1-8-25(12-11-21(2,3)4)18(27)14-26-17-13-15(29-7)9-10-16(17)19(24-26)20(28)22(5,6)23/h9-10,13H,8,11-12,14H2,1-7H3. The first-order chi connectivity index (χ1) is 13.4. The van der Waals surface area contributed by atoms with E-state index in [0.717, 1.165) is 6.42 Å². The van der Waals surface area contributed by atoms with Crippen molar-refractivity contribution in [2.75, 3.05) is 20.2 Å². The van der Waals surface area contributed by atoms with Gasteiger partial charge in [0.05, 0.1) is 17.0 Å². The number of hydrogen-bond donors (Lipinski definition) is 0. The highest BCUT2D eigenvalue weighted by molar-refractivity contribution is 9.10. The number of likely N-dealkylation sites (N-methyl/N-ethyl adjacent to an activating group) is 1. The lowest BCUT2D eigenvalue weighted by Gasteiger charge is -2.26. The number of carbonyl (C=O) groups is 2. The smallest absolute Gasteiger partial charge is 0.244 e. The van der Waals surface area contributed by atoms with E-state index in [0.29, 0.717) is 35.4 Å². The molecule has 7 heteroatoms. The van der Waals surface area contributed by atoms with Crippen molar-refractivity contribution in [1.29, 1.82) is 0 Å². The Morgan fingerprint density at radius 2 is 1.86 bits per heavy atom. The summed E-state index contributed by atoms with van der Waals surface area (Å²) in [6, 6.07) is 5.44. The summed E-state index contributed by atoms with van der Waals surface area (Å²) < 4.78 is 6.21. The molecule has 1 heterocycles. The summed E-state index contributed by atoms with van der Waals surface area (Å²) in [5.74, 6) is 0.517. The third-order valence-electron chi connectivity index (χ3n) is 4.87. The van der Waals surface area contributed by atoms with Crippen molar-refractivity contribution in [1.82, 2.24) is 14.7 Å². The maximum Gasteiger partial charge on any atom is 0.244 e. The highest BCUT2D eigenvalue weighted by atomic mass is 79.9. The topological polar surface area (TPSA) is 64.4 Å². The van der Waals surface area contributed by atoms with E-state index in [-0.39, 0.29) is 23.7 Å². The van der Waals surface area contributed by atoms with Gasteiger partial charge in [0, 0.05) is 24.5 Å². The predicted molar refractivity (Wildman–Crippen MR) is 120 cm³/mol. The second kappa shape index (κ2) is 8.86. The molecule has 160 valence electrons. The van der Waals surface area contributed by atoms with Crippen LogP contribution in [0.15, 0.2) is 18.2 Å². The van der Waals surface area contributed by atoms with E-state index < -0.39 is 4.32 Å². The highest BCUT2D eigenvalue weighted by Gasteiger charge is 2.30. The van der Waals surface area contributed by atoms with Crippen molar-refractivity contribution in [2.24, 2.45) is 5.41 Å². The lowest BCUT2D eigenvalue weighted by Crippen LogP contribution is -2.36. The Kier molecular flexibility index (Phi) is 7.14. The summed E-state index contributed by atoms with van der Waals surface area (Å²) >= 11 is 3.43. The zero-order valence-corrected chi connectivity index (χ0v) is 20.1. The van der Waals surface area contributed by atoms with Crippen LogP contribution in [-0.2, 0) is 11.3 Å². The molecule has 1 amide bonds. The van der Waals surface area contributed by atoms with Gasteiger partial charge in [-0.1, -0.05) is 36.7 Å². The van der Waals surface area contributed by atoms with Crippen LogP contribution in [0, 0.1) is 5.41 Å². The molecular weight excluding hydrogens is 434 g/mol. The van der Waals surface area contributed by atoms with E-state index >= 15 is 0 Å². The Balaban J connectivity index is 2.40. The molecule has 29 heavy (non-hydrogen) atoms. The van der Waals surface area contributed by atoms with E-state index in [1.54, 1.807) is 31.7 Å². The summed E-state index contributed by atoms with van der Waals surface area (Å²) in [5, 5.41) is 5.25. The number of hydrogen-bond acceptors (Lipinski definition) is 4. The molecule has 0 saturated heterocycles. The Bertz CT molecular complexity index is 891. The second-order valence-corrected chi connectivity index (χ2v) is 11.0. The van der Waals surface area contributed by atoms with Crippen LogP contribution in [0.5, 0.6) is 5.75 Å². The number of aromatic nitrogens is 2. The maximum atomic E-state index is 13.0. The van der Waals surface area contributed by atoms with E-state index in [2.05, 4.69) is 41.8 Å². The molecule has 1 aromatic heterocycles. The lowest BCUT2D eigenvalue weighted by molar-refractivity contribution is -0.132. The number of methoxy groups -OCH3 is 1. The predicted octanol–water partition coefficient (Wildman–Crippen LogP) is 4.69. The van der Waals surface area contributed by atoms with E-state index in [1.807, 2.05) is 24.0 Å². The number of carbonyl (C=O) groups excluding carboxylic acids is 2. The summed E-state index contributed by atoms with van der Waals surface area (Å²) in [5.41, 5.74) is 1.22. The Labute approximate surface area is 181 Å². The fraction of sp³-hybridized carbons (Fsp3) is 0.591. The Hall–Kier alpha value is -1.89. The van der Waals surface area contributed by atoms with Gasteiger partial charge >= 0.3 is 0 Å². The van der Waals surface area contributed by atoms with Crippen molar-refractivity contribution in [3.05, 3.63) is 23.9 Å². The van der Waals surface area contributed by atoms with Crippen molar-refractivity contribution < 1.29 is 14.3 Å². The molecule has 1 aromatic carbocycles. The summed E-state index contributed by atoms with van der Waals surface area (Å²) in [6.45, 7) is 13.5. The quantitative estimate of drug-likeness (QED) is 0.419. The van der Waals surface area contributed by atoms with Gasteiger partial charge in [-0.25, -0.2) is 0 Å². The van der Waals surface area contributed by atoms with Crippen LogP contribution in [0.2, 0.25) is 0 Å². The van der Waals surface area contributed by atoms with Gasteiger partial charge in [-0.15, -0.1) is 0 Å². The molecule has 0 aliphatic rings. The summed E-state index contributed by atoms with van der Waals surface area (Å²) in [7, 11) is 1.59. The van der Waals surface area contributed by atoms with Gasteiger partial charge in [0.25, 0.3) is 0 Å². The zero-order chi connectivity index (χ0) is 22.0. The first-order valence-corrected chi connectivity index (χ1v) is 10.7. The molecule has 0 unspecified atom stereocenters. The summed E-state index contributed by atoms with van der Waals surface area (Å²) in [4.78, 5) is 27.7. The molecule has 6 nitrogen and oxygen atoms in total. The third-order valence-corrected chi connectivity index (χ3v) is 5.23. The number of ketones is 1. The van der Waals surface area contributed by atoms with E-state index in [9.17, 15) is 9.59 Å². The van der Waals surface area contributed by atoms with Crippen molar-refractivity contribution in [3.8, 4) is 5.75 Å². The highest BCUT2D eigenvalue weighted by Crippen LogP contribution is 2.29. The van der Waals surface area contributed by atoms with Gasteiger partial charge < -0.3 is 9.64 Å². The van der Waals surface area contributed by atoms with Gasteiger partial charge in [-0.05, 0) is 44.7 Å². The normalized spacial score (nSPS) is 12.3. The lowest BCUT2D eigenvalue weighted by atomic mass is 9.92. The molecule has 2 aromatic rings. The summed E-state index contributed by atoms with van der Waals surface area (Å²) in [6.07, 6.45) is 0.918. The van der Waals surface area contributed by atoms with Crippen LogP contribution in [0.3, 0.4) is 0 Å². The maximum absolute atomic E-state index is 13.0. The van der Waals surface area contributed by atoms with Crippen LogP contribution in [0.25, 0.3) is 10.9 Å². The molecule has 0 bridgehead atoms. The molecule has 0 aliphatic heterocycles. The minimum absolute atomic E-state index is 0.0129. The molecule has 0 radical (unpaired) electrons. The zero-order valence-electron chi connectivity index (χ0n) is 18.5. The van der Waals surface area contributed by atoms with Gasteiger partial charge in [0.1, 0.15) is 18.0 Å². The first-order valence-electron chi connectivity index (χ1n) is 9.93. The van der Waals surface area contributed by atoms with Crippen LogP contribution in [0.4, 0.5) is 0 Å². The van der Waals surface area contributed by atoms with Crippen LogP contribution >= 0.6 is 15.9 Å². The largest absolute Gasteiger partial charge is 0.497 e. The van der Waals surface area contributed by atoms with Gasteiger partial charge in [-0.2, -0.15) is 5.10 Å². The Morgan fingerprint density at radius 1 is 1.21 bits per heavy atom. The van der Waals surface area contributed by atoms with Crippen molar-refractivity contribution in [2.45, 2.75) is 58.8 Å². The molecular formula is C22H32BrN3O3. The number of rotatable bonds is 8. The number of nitrogens with zero attached hydrogens (tertiary/aromatic N) is 3. The van der Waals surface area contributed by atoms with Crippen LogP contribution < -0.4 is 4.74 Å². The minimum atomic E-state index is -0.745. The van der Waals surface area contributed by atoms with Gasteiger partial charge in [-0.3, -0.25) is 14.3 Å². The number of ether oxygens (including phenoxy) is 1. The molecule has 0 saturated carbocycles. The van der Waals surface area contributed by atoms with Gasteiger partial charge in [0.15, 0.2) is 5.78 Å². The Morgan fingerprint density at radius 3 is 2.38 bits per heavy atom. The molecule has 2 rings (SSSR count). The fourth-order valence-corrected chi connectivity index (χ4v) is 3.20. The number of halogens is 1. The third kappa shape index (κ3) is 5.81. The number of alkyl halides is 1. The fourth-order valence-electron chi connectivity index (χ4n) is 3.01. The van der Waals surface area contributed by atoms with Crippen LogP contribution in [0.1, 0.15) is 58.5 Å². The minimum Gasteiger partial charge on any atom is -0.497 e. The number of benzene rings is 1. The van der Waals surface area contributed by atoms with E-state index in [1.165, 1.54) is 0 Å². The van der Waals surface area contributed by atoms with Crippen molar-refractivity contribution >= 4 is 38.5 Å². The van der Waals surface area contributed by atoms with Gasteiger partial charge in [0.2, 0.25) is 5.91 Å². The molecule has 0 N–H and O–H groups in total. The van der Waals surface area contributed by atoms with Crippen molar-refractivity contribution in [3.63, 3.8) is 0 Å². The second-order valence-electron chi connectivity index (χ2n) is 8.97. The van der Waals surface area contributed by atoms with Crippen LogP contribution in [-0.4, -0.2) is 50.9 Å². The average Bonchev–Trinajstić information content (AvgIpc) is 2.97. The number of amides is 1. The molecule has 0 atom stereocenters.